The lowest BCUT2D eigenvalue weighted by atomic mass is 10.0. The van der Waals surface area contributed by atoms with Crippen LogP contribution in [0, 0.1) is 6.92 Å². The number of benzene rings is 2. The third-order valence-corrected chi connectivity index (χ3v) is 3.53. The Balaban J connectivity index is 2.37. The zero-order chi connectivity index (χ0) is 14.9. The number of aryl methyl sites for hydroxylation is 1. The maximum absolute atomic E-state index is 6.25. The first kappa shape index (κ1) is 14.5. The van der Waals surface area contributed by atoms with Crippen molar-refractivity contribution in [1.82, 2.24) is 0 Å². The van der Waals surface area contributed by atoms with Gasteiger partial charge in [-0.1, -0.05) is 25.4 Å². The van der Waals surface area contributed by atoms with E-state index < -0.39 is 0 Å². The highest BCUT2D eigenvalue weighted by molar-refractivity contribution is 6.31. The Morgan fingerprint density at radius 3 is 2.35 bits per heavy atom. The molecule has 0 aliphatic rings. The molecule has 0 aliphatic heterocycles. The lowest BCUT2D eigenvalue weighted by Crippen LogP contribution is -1.97. The van der Waals surface area contributed by atoms with Crippen molar-refractivity contribution in [3.05, 3.63) is 46.5 Å². The summed E-state index contributed by atoms with van der Waals surface area (Å²) in [5, 5.41) is 0.765. The first-order valence-electron chi connectivity index (χ1n) is 6.51. The van der Waals surface area contributed by atoms with Gasteiger partial charge in [-0.25, -0.2) is 0 Å². The number of hydrogen-bond acceptors (Lipinski definition) is 3. The fourth-order valence-electron chi connectivity index (χ4n) is 1.96. The highest BCUT2D eigenvalue weighted by Crippen LogP contribution is 2.34. The van der Waals surface area contributed by atoms with Gasteiger partial charge >= 0.3 is 0 Å². The predicted molar refractivity (Wildman–Crippen MR) is 85.6 cm³/mol. The molecule has 0 aliphatic carbocycles. The van der Waals surface area contributed by atoms with E-state index >= 15 is 0 Å². The molecule has 2 rings (SSSR count). The molecule has 0 radical (unpaired) electrons. The van der Waals surface area contributed by atoms with Gasteiger partial charge in [0, 0.05) is 11.1 Å². The molecule has 0 bridgehead atoms. The van der Waals surface area contributed by atoms with E-state index in [9.17, 15) is 0 Å². The number of hydrogen-bond donors (Lipinski definition) is 2. The Bertz CT molecular complexity index is 639. The van der Waals surface area contributed by atoms with Gasteiger partial charge in [-0.3, -0.25) is 0 Å². The lowest BCUT2D eigenvalue weighted by Gasteiger charge is -2.15. The summed E-state index contributed by atoms with van der Waals surface area (Å²) in [6.45, 7) is 6.16. The molecule has 20 heavy (non-hydrogen) atoms. The van der Waals surface area contributed by atoms with Gasteiger partial charge in [0.05, 0.1) is 11.4 Å². The first-order valence-corrected chi connectivity index (χ1v) is 6.89. The van der Waals surface area contributed by atoms with Crippen LogP contribution in [0.3, 0.4) is 0 Å². The van der Waals surface area contributed by atoms with Crippen molar-refractivity contribution in [2.24, 2.45) is 0 Å². The minimum absolute atomic E-state index is 0.335. The minimum atomic E-state index is 0.335. The van der Waals surface area contributed by atoms with Crippen LogP contribution in [0.4, 0.5) is 11.4 Å². The molecule has 0 fully saturated rings. The monoisotopic (exact) mass is 290 g/mol. The van der Waals surface area contributed by atoms with E-state index in [4.69, 9.17) is 27.8 Å². The largest absolute Gasteiger partial charge is 0.457 e. The number of rotatable bonds is 3. The number of halogens is 1. The Morgan fingerprint density at radius 2 is 1.75 bits per heavy atom. The van der Waals surface area contributed by atoms with Crippen LogP contribution in [-0.4, -0.2) is 0 Å². The van der Waals surface area contributed by atoms with Crippen LogP contribution < -0.4 is 16.2 Å². The van der Waals surface area contributed by atoms with Crippen LogP contribution in [0.25, 0.3) is 0 Å². The molecule has 2 aromatic carbocycles. The molecular formula is C16H19ClN2O. The molecule has 4 heteroatoms. The molecule has 106 valence electrons. The fourth-order valence-corrected chi connectivity index (χ4v) is 2.40. The highest BCUT2D eigenvalue weighted by Gasteiger charge is 2.11. The fraction of sp³-hybridized carbons (Fsp3) is 0.250. The highest BCUT2D eigenvalue weighted by atomic mass is 35.5. The molecule has 0 saturated heterocycles. The average Bonchev–Trinajstić information content (AvgIpc) is 2.36. The summed E-state index contributed by atoms with van der Waals surface area (Å²) in [7, 11) is 0. The normalized spacial score (nSPS) is 10.8. The van der Waals surface area contributed by atoms with E-state index in [0.29, 0.717) is 23.0 Å². The molecule has 0 amide bonds. The Hall–Kier alpha value is -1.87. The van der Waals surface area contributed by atoms with E-state index in [-0.39, 0.29) is 0 Å². The number of anilines is 2. The summed E-state index contributed by atoms with van der Waals surface area (Å²) in [6, 6.07) is 9.16. The third kappa shape index (κ3) is 2.99. The van der Waals surface area contributed by atoms with E-state index in [1.54, 1.807) is 18.2 Å². The molecule has 0 saturated carbocycles. The number of ether oxygens (including phenoxy) is 1. The zero-order valence-corrected chi connectivity index (χ0v) is 12.7. The number of nitrogens with two attached hydrogens (primary N) is 2. The second kappa shape index (κ2) is 5.63. The molecule has 0 unspecified atom stereocenters. The van der Waals surface area contributed by atoms with Crippen molar-refractivity contribution in [2.75, 3.05) is 11.5 Å². The van der Waals surface area contributed by atoms with Crippen LogP contribution >= 0.6 is 11.6 Å². The Labute approximate surface area is 124 Å². The molecular weight excluding hydrogens is 272 g/mol. The minimum Gasteiger partial charge on any atom is -0.457 e. The molecule has 4 N–H and O–H groups in total. The summed E-state index contributed by atoms with van der Waals surface area (Å²) in [4.78, 5) is 0. The van der Waals surface area contributed by atoms with Gasteiger partial charge in [0.15, 0.2) is 0 Å². The molecule has 0 atom stereocenters. The first-order chi connectivity index (χ1) is 9.38. The molecule has 0 spiro atoms. The second-order valence-electron chi connectivity index (χ2n) is 5.19. The van der Waals surface area contributed by atoms with Crippen molar-refractivity contribution in [1.29, 1.82) is 0 Å². The summed E-state index contributed by atoms with van der Waals surface area (Å²) in [6.07, 6.45) is 0. The zero-order valence-electron chi connectivity index (χ0n) is 11.9. The van der Waals surface area contributed by atoms with Crippen molar-refractivity contribution in [3.63, 3.8) is 0 Å². The summed E-state index contributed by atoms with van der Waals surface area (Å²) in [5.41, 5.74) is 14.6. The molecule has 2 aromatic rings. The van der Waals surface area contributed by atoms with Crippen LogP contribution in [-0.2, 0) is 0 Å². The van der Waals surface area contributed by atoms with Gasteiger partial charge in [0.1, 0.15) is 11.5 Å². The van der Waals surface area contributed by atoms with Crippen LogP contribution in [0.1, 0.15) is 30.9 Å². The van der Waals surface area contributed by atoms with Crippen molar-refractivity contribution in [2.45, 2.75) is 26.7 Å². The predicted octanol–water partition coefficient (Wildman–Crippen LogP) is 4.73. The van der Waals surface area contributed by atoms with E-state index in [2.05, 4.69) is 13.8 Å². The third-order valence-electron chi connectivity index (χ3n) is 3.20. The number of nitrogen functional groups attached to an aromatic ring is 2. The van der Waals surface area contributed by atoms with E-state index in [1.165, 1.54) is 0 Å². The average molecular weight is 291 g/mol. The summed E-state index contributed by atoms with van der Waals surface area (Å²) in [5.74, 6) is 1.78. The summed E-state index contributed by atoms with van der Waals surface area (Å²) >= 11 is 6.25. The maximum atomic E-state index is 6.25. The van der Waals surface area contributed by atoms with Gasteiger partial charge in [0.2, 0.25) is 0 Å². The van der Waals surface area contributed by atoms with Gasteiger partial charge in [-0.15, -0.1) is 0 Å². The SMILES string of the molecule is Cc1cc(Cl)c(C(C)C)cc1Oc1ccc(N)c(N)c1. The summed E-state index contributed by atoms with van der Waals surface area (Å²) < 4.78 is 5.90. The van der Waals surface area contributed by atoms with Crippen LogP contribution in [0.5, 0.6) is 11.5 Å². The van der Waals surface area contributed by atoms with E-state index in [1.807, 2.05) is 19.1 Å². The van der Waals surface area contributed by atoms with Crippen molar-refractivity contribution in [3.8, 4) is 11.5 Å². The standard InChI is InChI=1S/C16H19ClN2O/c1-9(2)12-8-16(10(3)6-13(12)17)20-11-4-5-14(18)15(19)7-11/h4-9H,18-19H2,1-3H3. The smallest absolute Gasteiger partial charge is 0.130 e. The van der Waals surface area contributed by atoms with Gasteiger partial charge in [-0.05, 0) is 48.2 Å². The maximum Gasteiger partial charge on any atom is 0.130 e. The van der Waals surface area contributed by atoms with Gasteiger partial charge in [-0.2, -0.15) is 0 Å². The van der Waals surface area contributed by atoms with Crippen molar-refractivity contribution >= 4 is 23.0 Å². The van der Waals surface area contributed by atoms with Crippen LogP contribution in [0.15, 0.2) is 30.3 Å². The van der Waals surface area contributed by atoms with Crippen LogP contribution in [0.2, 0.25) is 5.02 Å². The molecule has 3 nitrogen and oxygen atoms in total. The quantitative estimate of drug-likeness (QED) is 0.803. The Kier molecular flexibility index (Phi) is 4.09. The molecule has 0 heterocycles. The van der Waals surface area contributed by atoms with Gasteiger partial charge in [0.25, 0.3) is 0 Å². The lowest BCUT2D eigenvalue weighted by molar-refractivity contribution is 0.478. The molecule has 0 aromatic heterocycles. The topological polar surface area (TPSA) is 61.3 Å². The Morgan fingerprint density at radius 1 is 1.05 bits per heavy atom. The second-order valence-corrected chi connectivity index (χ2v) is 5.59. The van der Waals surface area contributed by atoms with Gasteiger partial charge < -0.3 is 16.2 Å². The van der Waals surface area contributed by atoms with E-state index in [0.717, 1.165) is 21.9 Å². The van der Waals surface area contributed by atoms with Crippen molar-refractivity contribution < 1.29 is 4.74 Å².